The first-order valence-electron chi connectivity index (χ1n) is 13.5. The molecule has 4 rings (SSSR count). The fraction of sp³-hybridized carbons (Fsp3) is 0.375. The molecule has 2 amide bonds. The standard InChI is InChI=1S/C32H36BrNO4/c33-29(31(36)34-28(23-38-32(34)37)26-20-11-6-12-21-26)30(35)27-22-14-13-19-25(27)18-10-4-2-1-3-7-15-24-16-8-5-9-17-24/h5-6,8-9,11-14,16-17,19-22,28-30,35H,1-4,7,10,15,18,23H2/t28-,29-,30+/m1/s1. The molecule has 0 unspecified atom stereocenters. The second-order valence-electron chi connectivity index (χ2n) is 9.86. The fourth-order valence-electron chi connectivity index (χ4n) is 5.06. The van der Waals surface area contributed by atoms with Crippen molar-refractivity contribution in [1.29, 1.82) is 0 Å². The molecule has 3 aromatic carbocycles. The third kappa shape index (κ3) is 7.33. The highest BCUT2D eigenvalue weighted by molar-refractivity contribution is 9.10. The maximum absolute atomic E-state index is 13.4. The molecule has 1 N–H and O–H groups in total. The van der Waals surface area contributed by atoms with Crippen molar-refractivity contribution < 1.29 is 19.4 Å². The Bertz CT molecular complexity index is 1170. The number of aliphatic hydroxyl groups is 1. The molecule has 1 aliphatic heterocycles. The lowest BCUT2D eigenvalue weighted by Gasteiger charge is -2.26. The topological polar surface area (TPSA) is 66.8 Å². The number of alkyl halides is 1. The molecule has 3 aromatic rings. The molecule has 200 valence electrons. The Morgan fingerprint density at radius 1 is 0.842 bits per heavy atom. The smallest absolute Gasteiger partial charge is 0.417 e. The summed E-state index contributed by atoms with van der Waals surface area (Å²) in [4.78, 5) is 26.0. The molecule has 0 spiro atoms. The Labute approximate surface area is 234 Å². The molecular formula is C32H36BrNO4. The van der Waals surface area contributed by atoms with E-state index < -0.39 is 29.0 Å². The predicted molar refractivity (Wildman–Crippen MR) is 153 cm³/mol. The monoisotopic (exact) mass is 577 g/mol. The summed E-state index contributed by atoms with van der Waals surface area (Å²) in [6.07, 6.45) is 7.24. The summed E-state index contributed by atoms with van der Waals surface area (Å²) in [5, 5.41) is 11.2. The minimum Gasteiger partial charge on any atom is -0.446 e. The number of hydrogen-bond donors (Lipinski definition) is 1. The molecule has 5 nitrogen and oxygen atoms in total. The quantitative estimate of drug-likeness (QED) is 0.170. The van der Waals surface area contributed by atoms with Crippen LogP contribution in [0, 0.1) is 0 Å². The molecule has 38 heavy (non-hydrogen) atoms. The number of aliphatic hydroxyl groups excluding tert-OH is 1. The van der Waals surface area contributed by atoms with E-state index in [-0.39, 0.29) is 6.61 Å². The zero-order valence-corrected chi connectivity index (χ0v) is 23.3. The minimum atomic E-state index is -1.08. The number of nitrogens with zero attached hydrogens (tertiary/aromatic N) is 1. The van der Waals surface area contributed by atoms with Crippen LogP contribution in [0.25, 0.3) is 0 Å². The molecule has 0 bridgehead atoms. The van der Waals surface area contributed by atoms with E-state index in [0.29, 0.717) is 0 Å². The van der Waals surface area contributed by atoms with E-state index >= 15 is 0 Å². The average molecular weight is 579 g/mol. The highest BCUT2D eigenvalue weighted by Gasteiger charge is 2.43. The number of rotatable bonds is 13. The lowest BCUT2D eigenvalue weighted by molar-refractivity contribution is -0.130. The number of halogens is 1. The van der Waals surface area contributed by atoms with E-state index in [1.54, 1.807) is 0 Å². The van der Waals surface area contributed by atoms with E-state index in [1.807, 2.05) is 54.6 Å². The molecule has 1 aliphatic rings. The summed E-state index contributed by atoms with van der Waals surface area (Å²) < 4.78 is 5.20. The van der Waals surface area contributed by atoms with E-state index in [1.165, 1.54) is 31.2 Å². The van der Waals surface area contributed by atoms with Gasteiger partial charge in [0.25, 0.3) is 0 Å². The van der Waals surface area contributed by atoms with Crippen LogP contribution in [-0.4, -0.2) is 33.4 Å². The number of amides is 2. The summed E-state index contributed by atoms with van der Waals surface area (Å²) in [6.45, 7) is 0.104. The van der Waals surface area contributed by atoms with Crippen molar-refractivity contribution >= 4 is 27.9 Å². The largest absolute Gasteiger partial charge is 0.446 e. The zero-order valence-electron chi connectivity index (χ0n) is 21.7. The van der Waals surface area contributed by atoms with Gasteiger partial charge < -0.3 is 9.84 Å². The van der Waals surface area contributed by atoms with Gasteiger partial charge in [-0.2, -0.15) is 0 Å². The molecule has 1 saturated heterocycles. The second-order valence-corrected chi connectivity index (χ2v) is 10.9. The predicted octanol–water partition coefficient (Wildman–Crippen LogP) is 7.33. The van der Waals surface area contributed by atoms with Crippen molar-refractivity contribution in [2.75, 3.05) is 6.61 Å². The number of carbonyl (C=O) groups excluding carboxylic acids is 2. The SMILES string of the molecule is O=C1OC[C@H](c2ccccc2)N1C(=O)[C@H](Br)[C@@H](O)c1ccccc1CCCCCCCCc1ccccc1. The van der Waals surface area contributed by atoms with E-state index in [0.717, 1.165) is 47.3 Å². The molecule has 1 fully saturated rings. The molecule has 6 heteroatoms. The summed E-state index contributed by atoms with van der Waals surface area (Å²) in [5.41, 5.74) is 3.98. The first kappa shape index (κ1) is 28.1. The summed E-state index contributed by atoms with van der Waals surface area (Å²) in [7, 11) is 0. The van der Waals surface area contributed by atoms with Crippen LogP contribution in [0.1, 0.15) is 72.9 Å². The van der Waals surface area contributed by atoms with Crippen LogP contribution >= 0.6 is 15.9 Å². The number of benzene rings is 3. The maximum Gasteiger partial charge on any atom is 0.417 e. The van der Waals surface area contributed by atoms with Crippen LogP contribution < -0.4 is 0 Å². The van der Waals surface area contributed by atoms with Crippen molar-refractivity contribution in [3.05, 3.63) is 107 Å². The van der Waals surface area contributed by atoms with E-state index in [4.69, 9.17) is 4.74 Å². The van der Waals surface area contributed by atoms with Crippen molar-refractivity contribution in [2.24, 2.45) is 0 Å². The van der Waals surface area contributed by atoms with Gasteiger partial charge in [0.2, 0.25) is 5.91 Å². The molecule has 0 saturated carbocycles. The van der Waals surface area contributed by atoms with Gasteiger partial charge in [-0.1, -0.05) is 127 Å². The van der Waals surface area contributed by atoms with Gasteiger partial charge in [0.1, 0.15) is 23.6 Å². The van der Waals surface area contributed by atoms with Gasteiger partial charge in [-0.25, -0.2) is 9.69 Å². The molecule has 1 heterocycles. The number of unbranched alkanes of at least 4 members (excludes halogenated alkanes) is 5. The number of carbonyl (C=O) groups is 2. The first-order chi connectivity index (χ1) is 18.6. The van der Waals surface area contributed by atoms with Crippen LogP contribution in [0.2, 0.25) is 0 Å². The summed E-state index contributed by atoms with van der Waals surface area (Å²) >= 11 is 3.40. The Morgan fingerprint density at radius 3 is 2.13 bits per heavy atom. The van der Waals surface area contributed by atoms with Crippen LogP contribution in [0.15, 0.2) is 84.9 Å². The average Bonchev–Trinajstić information content (AvgIpc) is 3.35. The fourth-order valence-corrected chi connectivity index (χ4v) is 5.56. The van der Waals surface area contributed by atoms with Gasteiger partial charge in [0.05, 0.1) is 0 Å². The van der Waals surface area contributed by atoms with Gasteiger partial charge in [-0.15, -0.1) is 0 Å². The summed E-state index contributed by atoms with van der Waals surface area (Å²) in [6, 6.07) is 27.2. The minimum absolute atomic E-state index is 0.104. The first-order valence-corrected chi connectivity index (χ1v) is 14.5. The lowest BCUT2D eigenvalue weighted by atomic mass is 9.95. The van der Waals surface area contributed by atoms with Crippen molar-refractivity contribution in [1.82, 2.24) is 4.90 Å². The maximum atomic E-state index is 13.4. The highest BCUT2D eigenvalue weighted by Crippen LogP contribution is 2.33. The van der Waals surface area contributed by atoms with Gasteiger partial charge in [0, 0.05) is 0 Å². The van der Waals surface area contributed by atoms with Crippen molar-refractivity contribution in [3.63, 3.8) is 0 Å². The number of hydrogen-bond acceptors (Lipinski definition) is 4. The molecule has 3 atom stereocenters. The number of cyclic esters (lactones) is 1. The second kappa shape index (κ2) is 14.3. The van der Waals surface area contributed by atoms with Crippen LogP contribution in [0.4, 0.5) is 4.79 Å². The lowest BCUT2D eigenvalue weighted by Crippen LogP contribution is -2.41. The van der Waals surface area contributed by atoms with E-state index in [9.17, 15) is 14.7 Å². The number of imide groups is 1. The van der Waals surface area contributed by atoms with Crippen molar-refractivity contribution in [3.8, 4) is 0 Å². The normalized spacial score (nSPS) is 16.7. The Morgan fingerprint density at radius 2 is 1.42 bits per heavy atom. The molecule has 0 radical (unpaired) electrons. The molecule has 0 aromatic heterocycles. The Balaban J connectivity index is 1.27. The zero-order chi connectivity index (χ0) is 26.7. The molecule has 0 aliphatic carbocycles. The van der Waals surface area contributed by atoms with Gasteiger partial charge >= 0.3 is 6.09 Å². The Kier molecular flexibility index (Phi) is 10.5. The van der Waals surface area contributed by atoms with Gasteiger partial charge in [-0.3, -0.25) is 4.79 Å². The third-order valence-electron chi connectivity index (χ3n) is 7.19. The number of aryl methyl sites for hydroxylation is 2. The third-order valence-corrected chi connectivity index (χ3v) is 8.08. The van der Waals surface area contributed by atoms with Gasteiger partial charge in [0.15, 0.2) is 0 Å². The molecular weight excluding hydrogens is 542 g/mol. The Hall–Kier alpha value is -2.96. The van der Waals surface area contributed by atoms with Crippen molar-refractivity contribution in [2.45, 2.75) is 68.3 Å². The highest BCUT2D eigenvalue weighted by atomic mass is 79.9. The van der Waals surface area contributed by atoms with Gasteiger partial charge in [-0.05, 0) is 47.9 Å². The van der Waals surface area contributed by atoms with Crippen LogP contribution in [0.5, 0.6) is 0 Å². The summed E-state index contributed by atoms with van der Waals surface area (Å²) in [5.74, 6) is -0.501. The van der Waals surface area contributed by atoms with Crippen LogP contribution in [-0.2, 0) is 22.4 Å². The van der Waals surface area contributed by atoms with Crippen LogP contribution in [0.3, 0.4) is 0 Å². The number of ether oxygens (including phenoxy) is 1. The van der Waals surface area contributed by atoms with E-state index in [2.05, 4.69) is 46.3 Å².